The second-order valence-electron chi connectivity index (χ2n) is 9.03. The van der Waals surface area contributed by atoms with Crippen LogP contribution in [0.4, 0.5) is 0 Å². The van der Waals surface area contributed by atoms with Gasteiger partial charge in [0.2, 0.25) is 0 Å². The molecule has 1 heterocycles. The zero-order valence-corrected chi connectivity index (χ0v) is 19.0. The lowest BCUT2D eigenvalue weighted by Crippen LogP contribution is -2.64. The highest BCUT2D eigenvalue weighted by molar-refractivity contribution is 7.04. The van der Waals surface area contributed by atoms with Crippen molar-refractivity contribution in [3.05, 3.63) is 48.2 Å². The highest BCUT2D eigenvalue weighted by Crippen LogP contribution is 2.34. The second kappa shape index (κ2) is 7.97. The Kier molecular flexibility index (Phi) is 6.30. The Hall–Kier alpha value is -1.94. The number of hydrogen-bond donors (Lipinski definition) is 0. The smallest absolute Gasteiger partial charge is 0.316 e. The van der Waals surface area contributed by atoms with Gasteiger partial charge >= 0.3 is 5.97 Å². The van der Waals surface area contributed by atoms with Crippen molar-refractivity contribution in [2.45, 2.75) is 66.5 Å². The molecule has 3 nitrogen and oxygen atoms in total. The molecule has 1 aromatic carbocycles. The monoisotopic (exact) mass is 383 g/mol. The summed E-state index contributed by atoms with van der Waals surface area (Å²) in [5.41, 5.74) is 1.43. The van der Waals surface area contributed by atoms with Gasteiger partial charge in [-0.1, -0.05) is 51.5 Å². The van der Waals surface area contributed by atoms with E-state index in [2.05, 4.69) is 52.8 Å². The molecule has 0 amide bonds. The number of pyridine rings is 1. The Morgan fingerprint density at radius 3 is 2.15 bits per heavy atom. The number of hydrogen-bond acceptors (Lipinski definition) is 3. The van der Waals surface area contributed by atoms with E-state index in [4.69, 9.17) is 9.72 Å². The summed E-state index contributed by atoms with van der Waals surface area (Å²) in [5, 5.41) is 2.32. The molecule has 0 spiro atoms. The molecule has 0 aliphatic carbocycles. The molecule has 0 aliphatic heterocycles. The van der Waals surface area contributed by atoms with Crippen LogP contribution in [0.5, 0.6) is 5.75 Å². The van der Waals surface area contributed by atoms with E-state index in [1.54, 1.807) is 0 Å². The Morgan fingerprint density at radius 2 is 1.67 bits per heavy atom. The minimum atomic E-state index is -2.29. The standard InChI is InChI=1S/C23H33NO2Si/c1-16(2)27(17(3)4,21-11-9-10-14-24-21)20-15-18(5)12-13-19(20)26-22(25)23(6,7)8/h9-17H,1-8H3. The van der Waals surface area contributed by atoms with Gasteiger partial charge in [-0.2, -0.15) is 0 Å². The van der Waals surface area contributed by atoms with Crippen molar-refractivity contribution in [1.29, 1.82) is 0 Å². The molecule has 0 atom stereocenters. The minimum absolute atomic E-state index is 0.205. The predicted molar refractivity (Wildman–Crippen MR) is 116 cm³/mol. The molecule has 0 radical (unpaired) electrons. The Balaban J connectivity index is 2.77. The number of aromatic nitrogens is 1. The fourth-order valence-electron chi connectivity index (χ4n) is 3.93. The van der Waals surface area contributed by atoms with Gasteiger partial charge in [0, 0.05) is 11.5 Å². The van der Waals surface area contributed by atoms with E-state index in [1.807, 2.05) is 45.2 Å². The Bertz CT molecular complexity index is 784. The van der Waals surface area contributed by atoms with Crippen LogP contribution in [0.2, 0.25) is 11.1 Å². The fraction of sp³-hybridized carbons (Fsp3) is 0.478. The Labute approximate surface area is 165 Å². The fourth-order valence-corrected chi connectivity index (χ4v) is 9.64. The third-order valence-corrected chi connectivity index (χ3v) is 11.4. The van der Waals surface area contributed by atoms with Gasteiger partial charge in [-0.05, 0) is 62.2 Å². The molecule has 0 N–H and O–H groups in total. The van der Waals surface area contributed by atoms with Crippen LogP contribution >= 0.6 is 0 Å². The van der Waals surface area contributed by atoms with E-state index >= 15 is 0 Å². The van der Waals surface area contributed by atoms with Crippen molar-refractivity contribution >= 4 is 24.5 Å². The summed E-state index contributed by atoms with van der Waals surface area (Å²) in [7, 11) is -2.29. The zero-order valence-electron chi connectivity index (χ0n) is 18.0. The van der Waals surface area contributed by atoms with Gasteiger partial charge in [0.1, 0.15) is 5.75 Å². The predicted octanol–water partition coefficient (Wildman–Crippen LogP) is 4.72. The molecule has 0 saturated heterocycles. The van der Waals surface area contributed by atoms with Crippen LogP contribution in [0.3, 0.4) is 0 Å². The highest BCUT2D eigenvalue weighted by atomic mass is 28.3. The summed E-state index contributed by atoms with van der Waals surface area (Å²) in [6, 6.07) is 12.4. The summed E-state index contributed by atoms with van der Waals surface area (Å²) in [6.07, 6.45) is 1.87. The summed E-state index contributed by atoms with van der Waals surface area (Å²) < 4.78 is 5.96. The van der Waals surface area contributed by atoms with Crippen molar-refractivity contribution in [1.82, 2.24) is 4.98 Å². The topological polar surface area (TPSA) is 39.2 Å². The summed E-state index contributed by atoms with van der Waals surface area (Å²) in [4.78, 5) is 17.4. The maximum absolute atomic E-state index is 12.7. The summed E-state index contributed by atoms with van der Waals surface area (Å²) in [6.45, 7) is 16.9. The van der Waals surface area contributed by atoms with Crippen molar-refractivity contribution < 1.29 is 9.53 Å². The largest absolute Gasteiger partial charge is 0.426 e. The lowest BCUT2D eigenvalue weighted by atomic mass is 9.97. The second-order valence-corrected chi connectivity index (χ2v) is 14.1. The average Bonchev–Trinajstić information content (AvgIpc) is 2.57. The van der Waals surface area contributed by atoms with Gasteiger partial charge in [-0.25, -0.2) is 0 Å². The van der Waals surface area contributed by atoms with E-state index in [0.717, 1.165) is 5.32 Å². The first-order valence-electron chi connectivity index (χ1n) is 9.76. The van der Waals surface area contributed by atoms with Gasteiger partial charge in [-0.15, -0.1) is 0 Å². The first-order chi connectivity index (χ1) is 12.5. The van der Waals surface area contributed by atoms with Gasteiger partial charge in [-0.3, -0.25) is 9.78 Å². The summed E-state index contributed by atoms with van der Waals surface area (Å²) in [5.74, 6) is 0.490. The maximum atomic E-state index is 12.7. The van der Waals surface area contributed by atoms with E-state index in [9.17, 15) is 4.79 Å². The minimum Gasteiger partial charge on any atom is -0.426 e. The van der Waals surface area contributed by atoms with Crippen LogP contribution in [0.25, 0.3) is 0 Å². The molecule has 146 valence electrons. The first-order valence-corrected chi connectivity index (χ1v) is 11.9. The van der Waals surface area contributed by atoms with Crippen LogP contribution in [-0.2, 0) is 4.79 Å². The van der Waals surface area contributed by atoms with Gasteiger partial charge in [0.25, 0.3) is 0 Å². The van der Waals surface area contributed by atoms with Gasteiger partial charge in [0.05, 0.1) is 5.41 Å². The summed E-state index contributed by atoms with van der Waals surface area (Å²) >= 11 is 0. The number of esters is 1. The van der Waals surface area contributed by atoms with E-state index < -0.39 is 13.5 Å². The number of carbonyl (C=O) groups excluding carboxylic acids is 1. The molecule has 27 heavy (non-hydrogen) atoms. The quantitative estimate of drug-likeness (QED) is 0.426. The van der Waals surface area contributed by atoms with E-state index in [0.29, 0.717) is 16.8 Å². The lowest BCUT2D eigenvalue weighted by Gasteiger charge is -2.40. The molecule has 0 bridgehead atoms. The van der Waals surface area contributed by atoms with Crippen LogP contribution in [-0.4, -0.2) is 19.0 Å². The van der Waals surface area contributed by atoms with Crippen molar-refractivity contribution in [2.24, 2.45) is 5.41 Å². The average molecular weight is 384 g/mol. The molecular formula is C23H33NO2Si. The number of rotatable bonds is 5. The molecule has 2 aromatic rings. The third-order valence-electron chi connectivity index (χ3n) is 5.31. The van der Waals surface area contributed by atoms with Crippen molar-refractivity contribution in [3.8, 4) is 5.75 Å². The van der Waals surface area contributed by atoms with Crippen LogP contribution in [0.15, 0.2) is 42.6 Å². The molecule has 0 unspecified atom stereocenters. The number of aryl methyl sites for hydroxylation is 1. The van der Waals surface area contributed by atoms with Gasteiger partial charge < -0.3 is 4.74 Å². The van der Waals surface area contributed by atoms with Gasteiger partial charge in [0.15, 0.2) is 8.07 Å². The van der Waals surface area contributed by atoms with Crippen molar-refractivity contribution in [2.75, 3.05) is 0 Å². The Morgan fingerprint density at radius 1 is 1.04 bits per heavy atom. The maximum Gasteiger partial charge on any atom is 0.316 e. The van der Waals surface area contributed by atoms with Crippen LogP contribution in [0.1, 0.15) is 54.0 Å². The van der Waals surface area contributed by atoms with E-state index in [1.165, 1.54) is 10.8 Å². The molecule has 2 rings (SSSR count). The number of nitrogens with zero attached hydrogens (tertiary/aromatic N) is 1. The number of ether oxygens (including phenoxy) is 1. The number of benzene rings is 1. The first kappa shape index (κ1) is 21.4. The molecular weight excluding hydrogens is 350 g/mol. The van der Waals surface area contributed by atoms with E-state index in [-0.39, 0.29) is 5.97 Å². The third kappa shape index (κ3) is 4.16. The molecule has 4 heteroatoms. The normalized spacial score (nSPS) is 12.5. The molecule has 0 saturated carbocycles. The lowest BCUT2D eigenvalue weighted by molar-refractivity contribution is -0.142. The zero-order chi connectivity index (χ0) is 20.4. The van der Waals surface area contributed by atoms with Crippen LogP contribution in [0, 0.1) is 12.3 Å². The highest BCUT2D eigenvalue weighted by Gasteiger charge is 2.47. The molecule has 1 aromatic heterocycles. The van der Waals surface area contributed by atoms with Crippen molar-refractivity contribution in [3.63, 3.8) is 0 Å². The van der Waals surface area contributed by atoms with Crippen LogP contribution < -0.4 is 15.2 Å². The molecule has 0 aliphatic rings. The number of carbonyl (C=O) groups is 1. The molecule has 0 fully saturated rings. The SMILES string of the molecule is Cc1ccc(OC(=O)C(C)(C)C)c([Si](c2ccccn2)(C(C)C)C(C)C)c1.